The van der Waals surface area contributed by atoms with E-state index in [1.807, 2.05) is 18.2 Å². The molecular weight excluding hydrogens is 412 g/mol. The quantitative estimate of drug-likeness (QED) is 0.545. The number of aryl methyl sites for hydroxylation is 2. The van der Waals surface area contributed by atoms with Crippen LogP contribution in [0.15, 0.2) is 58.6 Å². The molecule has 1 heterocycles. The summed E-state index contributed by atoms with van der Waals surface area (Å²) in [5.74, 6) is 1.39. The summed E-state index contributed by atoms with van der Waals surface area (Å²) in [4.78, 5) is 18.4. The lowest BCUT2D eigenvalue weighted by atomic mass is 10.1. The number of carbonyl (C=O) groups is 1. The summed E-state index contributed by atoms with van der Waals surface area (Å²) in [5.41, 5.74) is 3.79. The third kappa shape index (κ3) is 5.30. The SMILES string of the molecule is COc1cc(CNC(=O)c2cccnc2Sc2ccc(C)c(C)c2)cc(OC)c1OC. The van der Waals surface area contributed by atoms with Gasteiger partial charge in [-0.2, -0.15) is 0 Å². The second kappa shape index (κ2) is 10.2. The van der Waals surface area contributed by atoms with Crippen molar-refractivity contribution < 1.29 is 19.0 Å². The lowest BCUT2D eigenvalue weighted by molar-refractivity contribution is 0.0947. The molecule has 162 valence electrons. The van der Waals surface area contributed by atoms with E-state index in [4.69, 9.17) is 14.2 Å². The van der Waals surface area contributed by atoms with Gasteiger partial charge in [-0.25, -0.2) is 4.98 Å². The minimum atomic E-state index is -0.201. The highest BCUT2D eigenvalue weighted by molar-refractivity contribution is 7.99. The van der Waals surface area contributed by atoms with Crippen LogP contribution in [0.2, 0.25) is 0 Å². The molecule has 0 unspecified atom stereocenters. The van der Waals surface area contributed by atoms with Crippen molar-refractivity contribution in [3.8, 4) is 17.2 Å². The average molecular weight is 439 g/mol. The van der Waals surface area contributed by atoms with E-state index in [9.17, 15) is 4.79 Å². The number of methoxy groups -OCH3 is 3. The number of amides is 1. The predicted octanol–water partition coefficient (Wildman–Crippen LogP) is 4.81. The monoisotopic (exact) mass is 438 g/mol. The summed E-state index contributed by atoms with van der Waals surface area (Å²) in [6, 6.07) is 13.4. The largest absolute Gasteiger partial charge is 0.493 e. The molecule has 2 aromatic carbocycles. The molecule has 0 bridgehead atoms. The van der Waals surface area contributed by atoms with Crippen LogP contribution in [0.3, 0.4) is 0 Å². The minimum Gasteiger partial charge on any atom is -0.493 e. The standard InChI is InChI=1S/C24H26N2O4S/c1-15-8-9-18(11-16(15)2)31-24-19(7-6-10-25-24)23(27)26-14-17-12-20(28-3)22(30-5)21(13-17)29-4/h6-13H,14H2,1-5H3,(H,26,27). The first-order valence-corrected chi connectivity index (χ1v) is 10.6. The third-order valence-electron chi connectivity index (χ3n) is 4.89. The van der Waals surface area contributed by atoms with Gasteiger partial charge in [0.2, 0.25) is 5.75 Å². The second-order valence-electron chi connectivity index (χ2n) is 6.92. The highest BCUT2D eigenvalue weighted by Crippen LogP contribution is 2.38. The molecule has 0 aliphatic rings. The van der Waals surface area contributed by atoms with E-state index in [1.165, 1.54) is 22.9 Å². The molecule has 0 spiro atoms. The Morgan fingerprint density at radius 3 is 2.29 bits per heavy atom. The topological polar surface area (TPSA) is 69.7 Å². The van der Waals surface area contributed by atoms with E-state index in [1.54, 1.807) is 39.7 Å². The number of nitrogens with one attached hydrogen (secondary N) is 1. The Balaban J connectivity index is 1.78. The van der Waals surface area contributed by atoms with Gasteiger partial charge in [-0.15, -0.1) is 0 Å². The number of carbonyl (C=O) groups excluding carboxylic acids is 1. The number of hydrogen-bond donors (Lipinski definition) is 1. The molecule has 1 amide bonds. The molecule has 1 N–H and O–H groups in total. The fourth-order valence-electron chi connectivity index (χ4n) is 3.05. The minimum absolute atomic E-state index is 0.201. The van der Waals surface area contributed by atoms with Crippen LogP contribution in [0.1, 0.15) is 27.0 Å². The van der Waals surface area contributed by atoms with Crippen molar-refractivity contribution in [3.05, 3.63) is 70.9 Å². The number of pyridine rings is 1. The number of aromatic nitrogens is 1. The molecule has 3 rings (SSSR count). The Bertz CT molecular complexity index is 1060. The van der Waals surface area contributed by atoms with Crippen molar-refractivity contribution in [1.82, 2.24) is 10.3 Å². The maximum atomic E-state index is 12.9. The number of rotatable bonds is 8. The smallest absolute Gasteiger partial charge is 0.254 e. The fraction of sp³-hybridized carbons (Fsp3) is 0.250. The summed E-state index contributed by atoms with van der Waals surface area (Å²) in [7, 11) is 4.68. The van der Waals surface area contributed by atoms with Gasteiger partial charge >= 0.3 is 0 Å². The van der Waals surface area contributed by atoms with E-state index in [0.29, 0.717) is 34.4 Å². The zero-order valence-corrected chi connectivity index (χ0v) is 19.1. The Kier molecular flexibility index (Phi) is 7.41. The van der Waals surface area contributed by atoms with Crippen LogP contribution in [0.25, 0.3) is 0 Å². The molecule has 0 saturated heterocycles. The summed E-state index contributed by atoms with van der Waals surface area (Å²) >= 11 is 1.48. The number of hydrogen-bond acceptors (Lipinski definition) is 6. The first-order valence-electron chi connectivity index (χ1n) is 9.74. The highest BCUT2D eigenvalue weighted by atomic mass is 32.2. The Morgan fingerprint density at radius 2 is 1.68 bits per heavy atom. The van der Waals surface area contributed by atoms with Gasteiger partial charge in [-0.05, 0) is 66.9 Å². The molecule has 31 heavy (non-hydrogen) atoms. The second-order valence-corrected chi connectivity index (χ2v) is 7.98. The van der Waals surface area contributed by atoms with Crippen molar-refractivity contribution in [2.45, 2.75) is 30.3 Å². The maximum absolute atomic E-state index is 12.9. The van der Waals surface area contributed by atoms with Crippen molar-refractivity contribution in [3.63, 3.8) is 0 Å². The van der Waals surface area contributed by atoms with Crippen molar-refractivity contribution in [2.24, 2.45) is 0 Å². The molecule has 0 atom stereocenters. The Hall–Kier alpha value is -3.19. The van der Waals surface area contributed by atoms with Gasteiger partial charge in [-0.3, -0.25) is 4.79 Å². The molecule has 0 radical (unpaired) electrons. The summed E-state index contributed by atoms with van der Waals surface area (Å²) in [5, 5.41) is 3.62. The van der Waals surface area contributed by atoms with E-state index in [-0.39, 0.29) is 5.91 Å². The number of benzene rings is 2. The Morgan fingerprint density at radius 1 is 0.968 bits per heavy atom. The van der Waals surface area contributed by atoms with Crippen LogP contribution in [0, 0.1) is 13.8 Å². The summed E-state index contributed by atoms with van der Waals surface area (Å²) in [6.07, 6.45) is 1.69. The zero-order valence-electron chi connectivity index (χ0n) is 18.3. The molecule has 6 nitrogen and oxygen atoms in total. The van der Waals surface area contributed by atoms with E-state index in [2.05, 4.69) is 36.3 Å². The average Bonchev–Trinajstić information content (AvgIpc) is 2.79. The van der Waals surface area contributed by atoms with Gasteiger partial charge < -0.3 is 19.5 Å². The van der Waals surface area contributed by atoms with Crippen LogP contribution in [-0.4, -0.2) is 32.2 Å². The van der Waals surface area contributed by atoms with Gasteiger partial charge in [0.05, 0.1) is 26.9 Å². The molecule has 0 saturated carbocycles. The normalized spacial score (nSPS) is 10.5. The maximum Gasteiger partial charge on any atom is 0.254 e. The van der Waals surface area contributed by atoms with Crippen LogP contribution in [0.5, 0.6) is 17.2 Å². The first-order chi connectivity index (χ1) is 15.0. The molecule has 1 aromatic heterocycles. The van der Waals surface area contributed by atoms with E-state index in [0.717, 1.165) is 10.5 Å². The van der Waals surface area contributed by atoms with Gasteiger partial charge in [0.25, 0.3) is 5.91 Å². The van der Waals surface area contributed by atoms with Crippen LogP contribution in [-0.2, 0) is 6.54 Å². The summed E-state index contributed by atoms with van der Waals surface area (Å²) in [6.45, 7) is 4.45. The highest BCUT2D eigenvalue weighted by Gasteiger charge is 2.16. The van der Waals surface area contributed by atoms with Crippen molar-refractivity contribution in [2.75, 3.05) is 21.3 Å². The zero-order chi connectivity index (χ0) is 22.4. The van der Waals surface area contributed by atoms with Gasteiger partial charge in [0, 0.05) is 17.6 Å². The predicted molar refractivity (Wildman–Crippen MR) is 122 cm³/mol. The molecule has 0 aliphatic carbocycles. The van der Waals surface area contributed by atoms with E-state index >= 15 is 0 Å². The molecule has 7 heteroatoms. The molecule has 3 aromatic rings. The number of nitrogens with zero attached hydrogens (tertiary/aromatic N) is 1. The lowest BCUT2D eigenvalue weighted by Gasteiger charge is -2.15. The fourth-order valence-corrected chi connectivity index (χ4v) is 4.03. The van der Waals surface area contributed by atoms with Crippen LogP contribution in [0.4, 0.5) is 0 Å². The van der Waals surface area contributed by atoms with Gasteiger partial charge in [0.15, 0.2) is 11.5 Å². The first kappa shape index (κ1) is 22.5. The summed E-state index contributed by atoms with van der Waals surface area (Å²) < 4.78 is 16.1. The van der Waals surface area contributed by atoms with Crippen molar-refractivity contribution >= 4 is 17.7 Å². The van der Waals surface area contributed by atoms with E-state index < -0.39 is 0 Å². The molecule has 0 aliphatic heterocycles. The molecule has 0 fully saturated rings. The third-order valence-corrected chi connectivity index (χ3v) is 5.89. The molecular formula is C24H26N2O4S. The lowest BCUT2D eigenvalue weighted by Crippen LogP contribution is -2.23. The van der Waals surface area contributed by atoms with Crippen LogP contribution >= 0.6 is 11.8 Å². The Labute approximate surface area is 186 Å². The van der Waals surface area contributed by atoms with Gasteiger partial charge in [0.1, 0.15) is 5.03 Å². The van der Waals surface area contributed by atoms with Crippen molar-refractivity contribution in [1.29, 1.82) is 0 Å². The number of ether oxygens (including phenoxy) is 3. The van der Waals surface area contributed by atoms with Gasteiger partial charge in [-0.1, -0.05) is 17.8 Å². The van der Waals surface area contributed by atoms with Crippen LogP contribution < -0.4 is 19.5 Å².